The van der Waals surface area contributed by atoms with Crippen LogP contribution in [0.15, 0.2) is 12.1 Å². The molecule has 0 amide bonds. The molecule has 7 heteroatoms. The van der Waals surface area contributed by atoms with Gasteiger partial charge in [0.1, 0.15) is 11.4 Å². The summed E-state index contributed by atoms with van der Waals surface area (Å²) in [5.41, 5.74) is -0.437. The van der Waals surface area contributed by atoms with Gasteiger partial charge >= 0.3 is 5.69 Å². The van der Waals surface area contributed by atoms with Crippen molar-refractivity contribution in [1.82, 2.24) is 4.90 Å². The summed E-state index contributed by atoms with van der Waals surface area (Å²) in [6.45, 7) is 1.15. The Balaban J connectivity index is 2.98. The lowest BCUT2D eigenvalue weighted by molar-refractivity contribution is -0.386. The molecule has 0 bridgehead atoms. The highest BCUT2D eigenvalue weighted by atomic mass is 19.1. The van der Waals surface area contributed by atoms with Crippen LogP contribution in [-0.2, 0) is 0 Å². The number of nitro groups is 1. The van der Waals surface area contributed by atoms with Crippen LogP contribution in [0.25, 0.3) is 0 Å². The first-order valence-electron chi connectivity index (χ1n) is 5.36. The van der Waals surface area contributed by atoms with Crippen LogP contribution in [0.4, 0.5) is 15.8 Å². The maximum Gasteiger partial charge on any atom is 0.327 e. The minimum absolute atomic E-state index is 0.124. The van der Waals surface area contributed by atoms with Crippen molar-refractivity contribution in [1.29, 1.82) is 0 Å². The summed E-state index contributed by atoms with van der Waals surface area (Å²) < 4.78 is 18.4. The van der Waals surface area contributed by atoms with E-state index in [1.165, 1.54) is 13.2 Å². The molecule has 0 aromatic heterocycles. The number of nitro benzene ring substituents is 1. The zero-order valence-corrected chi connectivity index (χ0v) is 10.6. The SMILES string of the molecule is COc1cc(F)c([N+](=O)[O-])c(NCCN(C)C)c1. The van der Waals surface area contributed by atoms with E-state index in [2.05, 4.69) is 5.32 Å². The van der Waals surface area contributed by atoms with Gasteiger partial charge in [-0.2, -0.15) is 4.39 Å². The molecule has 6 nitrogen and oxygen atoms in total. The number of rotatable bonds is 6. The Bertz CT molecular complexity index is 438. The van der Waals surface area contributed by atoms with Gasteiger partial charge in [0.05, 0.1) is 12.0 Å². The van der Waals surface area contributed by atoms with E-state index in [-0.39, 0.29) is 11.4 Å². The number of nitrogens with one attached hydrogen (secondary N) is 1. The highest BCUT2D eigenvalue weighted by Crippen LogP contribution is 2.32. The Morgan fingerprint density at radius 3 is 2.67 bits per heavy atom. The minimum atomic E-state index is -0.910. The van der Waals surface area contributed by atoms with Crippen molar-refractivity contribution in [2.45, 2.75) is 0 Å². The lowest BCUT2D eigenvalue weighted by Gasteiger charge is -2.12. The predicted octanol–water partition coefficient (Wildman–Crippen LogP) is 1.72. The molecule has 1 rings (SSSR count). The van der Waals surface area contributed by atoms with Gasteiger partial charge in [0, 0.05) is 25.2 Å². The Kier molecular flexibility index (Phi) is 4.85. The van der Waals surface area contributed by atoms with Crippen molar-refractivity contribution in [3.63, 3.8) is 0 Å². The zero-order valence-electron chi connectivity index (χ0n) is 10.6. The minimum Gasteiger partial charge on any atom is -0.497 e. The standard InChI is InChI=1S/C11H16FN3O3/c1-14(2)5-4-13-10-7-8(18-3)6-9(12)11(10)15(16)17/h6-7,13H,4-5H2,1-3H3. The fourth-order valence-corrected chi connectivity index (χ4v) is 1.43. The van der Waals surface area contributed by atoms with Gasteiger partial charge < -0.3 is 15.0 Å². The van der Waals surface area contributed by atoms with Crippen molar-refractivity contribution in [3.05, 3.63) is 28.1 Å². The number of ether oxygens (including phenoxy) is 1. The molecule has 0 aliphatic carbocycles. The summed E-state index contributed by atoms with van der Waals surface area (Å²) in [6, 6.07) is 2.41. The molecule has 0 saturated heterocycles. The average molecular weight is 257 g/mol. The van der Waals surface area contributed by atoms with Crippen LogP contribution < -0.4 is 10.1 Å². The number of halogens is 1. The molecule has 1 aromatic carbocycles. The summed E-state index contributed by atoms with van der Waals surface area (Å²) >= 11 is 0. The molecular formula is C11H16FN3O3. The molecule has 0 atom stereocenters. The zero-order chi connectivity index (χ0) is 13.7. The first-order chi connectivity index (χ1) is 8.45. The van der Waals surface area contributed by atoms with Gasteiger partial charge in [-0.1, -0.05) is 0 Å². The first-order valence-corrected chi connectivity index (χ1v) is 5.36. The van der Waals surface area contributed by atoms with Gasteiger partial charge in [0.2, 0.25) is 5.82 Å². The lowest BCUT2D eigenvalue weighted by atomic mass is 10.2. The summed E-state index contributed by atoms with van der Waals surface area (Å²) in [6.07, 6.45) is 0. The van der Waals surface area contributed by atoms with Crippen LogP contribution in [0.2, 0.25) is 0 Å². The number of benzene rings is 1. The summed E-state index contributed by atoms with van der Waals surface area (Å²) in [4.78, 5) is 12.0. The van der Waals surface area contributed by atoms with E-state index < -0.39 is 16.4 Å². The van der Waals surface area contributed by atoms with E-state index in [1.807, 2.05) is 19.0 Å². The topological polar surface area (TPSA) is 67.6 Å². The van der Waals surface area contributed by atoms with E-state index >= 15 is 0 Å². The van der Waals surface area contributed by atoms with E-state index in [0.29, 0.717) is 13.1 Å². The number of methoxy groups -OCH3 is 1. The maximum absolute atomic E-state index is 13.6. The van der Waals surface area contributed by atoms with Crippen LogP contribution in [-0.4, -0.2) is 44.1 Å². The monoisotopic (exact) mass is 257 g/mol. The second-order valence-corrected chi connectivity index (χ2v) is 3.99. The fourth-order valence-electron chi connectivity index (χ4n) is 1.43. The van der Waals surface area contributed by atoms with Crippen LogP contribution in [0.3, 0.4) is 0 Å². The van der Waals surface area contributed by atoms with Crippen LogP contribution >= 0.6 is 0 Å². The van der Waals surface area contributed by atoms with E-state index in [4.69, 9.17) is 4.74 Å². The molecule has 100 valence electrons. The third-order valence-electron chi connectivity index (χ3n) is 2.33. The number of hydrogen-bond acceptors (Lipinski definition) is 5. The van der Waals surface area contributed by atoms with Crippen molar-refractivity contribution in [2.75, 3.05) is 39.6 Å². The Hall–Kier alpha value is -1.89. The summed E-state index contributed by atoms with van der Waals surface area (Å²) in [5, 5.41) is 13.7. The quantitative estimate of drug-likeness (QED) is 0.620. The molecule has 0 saturated carbocycles. The lowest BCUT2D eigenvalue weighted by Crippen LogP contribution is -2.21. The number of likely N-dealkylation sites (N-methyl/N-ethyl adjacent to an activating group) is 1. The van der Waals surface area contributed by atoms with Gasteiger partial charge in [0.25, 0.3) is 0 Å². The summed E-state index contributed by atoms with van der Waals surface area (Å²) in [5.74, 6) is -0.669. The molecule has 0 unspecified atom stereocenters. The second kappa shape index (κ2) is 6.15. The number of nitrogens with zero attached hydrogens (tertiary/aromatic N) is 2. The summed E-state index contributed by atoms with van der Waals surface area (Å²) in [7, 11) is 5.13. The second-order valence-electron chi connectivity index (χ2n) is 3.99. The van der Waals surface area contributed by atoms with E-state index in [0.717, 1.165) is 6.07 Å². The Labute approximate surface area is 104 Å². The molecule has 0 aliphatic heterocycles. The number of hydrogen-bond donors (Lipinski definition) is 1. The molecule has 0 radical (unpaired) electrons. The normalized spacial score (nSPS) is 10.5. The molecule has 0 aliphatic rings. The first kappa shape index (κ1) is 14.2. The van der Waals surface area contributed by atoms with Crippen molar-refractivity contribution in [3.8, 4) is 5.75 Å². The van der Waals surface area contributed by atoms with Gasteiger partial charge in [0.15, 0.2) is 0 Å². The highest BCUT2D eigenvalue weighted by Gasteiger charge is 2.21. The molecule has 0 spiro atoms. The van der Waals surface area contributed by atoms with Crippen molar-refractivity contribution >= 4 is 11.4 Å². The fraction of sp³-hybridized carbons (Fsp3) is 0.455. The molecule has 0 fully saturated rings. The van der Waals surface area contributed by atoms with E-state index in [9.17, 15) is 14.5 Å². The predicted molar refractivity (Wildman–Crippen MR) is 66.7 cm³/mol. The third-order valence-corrected chi connectivity index (χ3v) is 2.33. The van der Waals surface area contributed by atoms with Gasteiger partial charge in [-0.3, -0.25) is 10.1 Å². The van der Waals surface area contributed by atoms with Crippen molar-refractivity contribution in [2.24, 2.45) is 0 Å². The van der Waals surface area contributed by atoms with Gasteiger partial charge in [-0.25, -0.2) is 0 Å². The molecule has 1 aromatic rings. The highest BCUT2D eigenvalue weighted by molar-refractivity contribution is 5.65. The van der Waals surface area contributed by atoms with Crippen LogP contribution in [0.1, 0.15) is 0 Å². The Morgan fingerprint density at radius 1 is 1.50 bits per heavy atom. The van der Waals surface area contributed by atoms with E-state index in [1.54, 1.807) is 0 Å². The molecule has 1 N–H and O–H groups in total. The number of anilines is 1. The largest absolute Gasteiger partial charge is 0.497 e. The molecule has 18 heavy (non-hydrogen) atoms. The Morgan fingerprint density at radius 2 is 2.17 bits per heavy atom. The van der Waals surface area contributed by atoms with Gasteiger partial charge in [-0.15, -0.1) is 0 Å². The van der Waals surface area contributed by atoms with Crippen molar-refractivity contribution < 1.29 is 14.1 Å². The third kappa shape index (κ3) is 3.56. The maximum atomic E-state index is 13.6. The van der Waals surface area contributed by atoms with Gasteiger partial charge in [-0.05, 0) is 14.1 Å². The molecule has 0 heterocycles. The van der Waals surface area contributed by atoms with Crippen LogP contribution in [0.5, 0.6) is 5.75 Å². The smallest absolute Gasteiger partial charge is 0.327 e. The average Bonchev–Trinajstić information content (AvgIpc) is 2.27. The molecular weight excluding hydrogens is 241 g/mol. The van der Waals surface area contributed by atoms with Crippen LogP contribution in [0, 0.1) is 15.9 Å².